The van der Waals surface area contributed by atoms with Crippen molar-refractivity contribution in [2.45, 2.75) is 32.5 Å². The van der Waals surface area contributed by atoms with Crippen LogP contribution in [-0.4, -0.2) is 34.2 Å². The second-order valence-corrected chi connectivity index (χ2v) is 9.50. The standard InChI is InChI=1S/C21H24ClF3N2O4S/c1-5-18(14-6-9-19(31-3)13(2)10-14)26-20(28)12-27(32(4,29)30)15-7-8-17(22)16(11-15)21(23,24)25/h6-11,18H,5,12H2,1-4H3,(H,26,28)/t18-/m0/s1. The third-order valence-electron chi connectivity index (χ3n) is 4.80. The van der Waals surface area contributed by atoms with Crippen LogP contribution in [0.25, 0.3) is 0 Å². The topological polar surface area (TPSA) is 75.7 Å². The number of aryl methyl sites for hydroxylation is 1. The first-order valence-corrected chi connectivity index (χ1v) is 11.8. The van der Waals surface area contributed by atoms with E-state index in [1.54, 1.807) is 19.2 Å². The van der Waals surface area contributed by atoms with Gasteiger partial charge in [-0.25, -0.2) is 8.42 Å². The largest absolute Gasteiger partial charge is 0.496 e. The van der Waals surface area contributed by atoms with Gasteiger partial charge < -0.3 is 10.1 Å². The maximum Gasteiger partial charge on any atom is 0.417 e. The molecule has 0 saturated heterocycles. The van der Waals surface area contributed by atoms with Crippen molar-refractivity contribution in [1.82, 2.24) is 5.32 Å². The molecule has 176 valence electrons. The molecule has 1 atom stereocenters. The van der Waals surface area contributed by atoms with Gasteiger partial charge >= 0.3 is 6.18 Å². The summed E-state index contributed by atoms with van der Waals surface area (Å²) in [6, 6.07) is 7.64. The van der Waals surface area contributed by atoms with Crippen LogP contribution in [0.3, 0.4) is 0 Å². The Morgan fingerprint density at radius 1 is 1.22 bits per heavy atom. The number of nitrogens with one attached hydrogen (secondary N) is 1. The van der Waals surface area contributed by atoms with E-state index in [9.17, 15) is 26.4 Å². The fourth-order valence-electron chi connectivity index (χ4n) is 3.20. The zero-order valence-corrected chi connectivity index (χ0v) is 19.5. The van der Waals surface area contributed by atoms with Crippen molar-refractivity contribution in [3.63, 3.8) is 0 Å². The van der Waals surface area contributed by atoms with Gasteiger partial charge in [-0.05, 0) is 48.7 Å². The van der Waals surface area contributed by atoms with Crippen molar-refractivity contribution in [2.24, 2.45) is 0 Å². The summed E-state index contributed by atoms with van der Waals surface area (Å²) in [6.07, 6.45) is -3.46. The molecular formula is C21H24ClF3N2O4S. The fourth-order valence-corrected chi connectivity index (χ4v) is 4.27. The van der Waals surface area contributed by atoms with Gasteiger partial charge in [0.1, 0.15) is 12.3 Å². The average molecular weight is 493 g/mol. The lowest BCUT2D eigenvalue weighted by Crippen LogP contribution is -2.41. The normalized spacial score (nSPS) is 12.9. The van der Waals surface area contributed by atoms with Crippen molar-refractivity contribution in [3.05, 3.63) is 58.1 Å². The summed E-state index contributed by atoms with van der Waals surface area (Å²) in [4.78, 5) is 12.7. The molecule has 2 aromatic carbocycles. The van der Waals surface area contributed by atoms with Gasteiger partial charge in [-0.15, -0.1) is 0 Å². The third-order valence-corrected chi connectivity index (χ3v) is 6.27. The number of hydrogen-bond acceptors (Lipinski definition) is 4. The highest BCUT2D eigenvalue weighted by Gasteiger charge is 2.34. The molecule has 0 aliphatic rings. The van der Waals surface area contributed by atoms with Gasteiger partial charge in [-0.1, -0.05) is 30.7 Å². The second kappa shape index (κ2) is 9.99. The van der Waals surface area contributed by atoms with Crippen molar-refractivity contribution in [1.29, 1.82) is 0 Å². The molecule has 0 radical (unpaired) electrons. The second-order valence-electron chi connectivity index (χ2n) is 7.19. The lowest BCUT2D eigenvalue weighted by Gasteiger charge is -2.25. The SMILES string of the molecule is CC[C@H](NC(=O)CN(c1ccc(Cl)c(C(F)(F)F)c1)S(C)(=O)=O)c1ccc(OC)c(C)c1. The van der Waals surface area contributed by atoms with Crippen LogP contribution in [0.2, 0.25) is 5.02 Å². The number of sulfonamides is 1. The summed E-state index contributed by atoms with van der Waals surface area (Å²) < 4.78 is 70.0. The molecule has 2 aromatic rings. The van der Waals surface area contributed by atoms with Crippen molar-refractivity contribution in [3.8, 4) is 5.75 Å². The highest BCUT2D eigenvalue weighted by Crippen LogP contribution is 2.37. The number of alkyl halides is 3. The van der Waals surface area contributed by atoms with E-state index in [4.69, 9.17) is 16.3 Å². The Morgan fingerprint density at radius 2 is 1.88 bits per heavy atom. The summed E-state index contributed by atoms with van der Waals surface area (Å²) >= 11 is 5.62. The Hall–Kier alpha value is -2.46. The van der Waals surface area contributed by atoms with E-state index in [1.165, 1.54) is 0 Å². The molecular weight excluding hydrogens is 469 g/mol. The monoisotopic (exact) mass is 492 g/mol. The number of amides is 1. The molecule has 1 N–H and O–H groups in total. The summed E-state index contributed by atoms with van der Waals surface area (Å²) in [7, 11) is -2.52. The number of benzene rings is 2. The number of carbonyl (C=O) groups excluding carboxylic acids is 1. The van der Waals surface area contributed by atoms with Crippen LogP contribution in [0, 0.1) is 6.92 Å². The first-order valence-electron chi connectivity index (χ1n) is 9.56. The number of rotatable bonds is 8. The summed E-state index contributed by atoms with van der Waals surface area (Å²) in [5.41, 5.74) is 0.144. The first-order chi connectivity index (χ1) is 14.8. The maximum absolute atomic E-state index is 13.2. The number of ether oxygens (including phenoxy) is 1. The van der Waals surface area contributed by atoms with Crippen molar-refractivity contribution >= 4 is 33.2 Å². The zero-order valence-electron chi connectivity index (χ0n) is 18.0. The van der Waals surface area contributed by atoms with Crippen molar-refractivity contribution in [2.75, 3.05) is 24.2 Å². The molecule has 0 aliphatic carbocycles. The molecule has 0 aliphatic heterocycles. The lowest BCUT2D eigenvalue weighted by atomic mass is 10.0. The Bertz CT molecular complexity index is 1090. The van der Waals surface area contributed by atoms with E-state index in [0.717, 1.165) is 29.5 Å². The summed E-state index contributed by atoms with van der Waals surface area (Å²) in [5.74, 6) is 0.0145. The van der Waals surface area contributed by atoms with Gasteiger partial charge in [0.25, 0.3) is 0 Å². The van der Waals surface area contributed by atoms with Gasteiger partial charge in [-0.3, -0.25) is 9.10 Å². The molecule has 0 heterocycles. The minimum Gasteiger partial charge on any atom is -0.496 e. The first kappa shape index (κ1) is 25.8. The van der Waals surface area contributed by atoms with E-state index in [-0.39, 0.29) is 5.69 Å². The predicted octanol–water partition coefficient (Wildman–Crippen LogP) is 4.71. The van der Waals surface area contributed by atoms with E-state index in [1.807, 2.05) is 19.9 Å². The molecule has 0 unspecified atom stereocenters. The van der Waals surface area contributed by atoms with Gasteiger partial charge in [0.05, 0.1) is 35.7 Å². The van der Waals surface area contributed by atoms with Crippen LogP contribution in [0.15, 0.2) is 36.4 Å². The van der Waals surface area contributed by atoms with Crippen LogP contribution in [-0.2, 0) is 21.0 Å². The minimum atomic E-state index is -4.78. The molecule has 0 aromatic heterocycles. The zero-order chi connectivity index (χ0) is 24.3. The molecule has 0 spiro atoms. The van der Waals surface area contributed by atoms with Crippen molar-refractivity contribution < 1.29 is 31.1 Å². The number of halogens is 4. The Morgan fingerprint density at radius 3 is 2.38 bits per heavy atom. The average Bonchev–Trinajstić information content (AvgIpc) is 2.69. The van der Waals surface area contributed by atoms with Crippen LogP contribution in [0.1, 0.15) is 36.1 Å². The molecule has 1 amide bonds. The highest BCUT2D eigenvalue weighted by atomic mass is 35.5. The molecule has 2 rings (SSSR count). The van der Waals surface area contributed by atoms with Crippen LogP contribution in [0.4, 0.5) is 18.9 Å². The fraction of sp³-hybridized carbons (Fsp3) is 0.381. The Balaban J connectivity index is 2.30. The van der Waals surface area contributed by atoms with E-state index >= 15 is 0 Å². The highest BCUT2D eigenvalue weighted by molar-refractivity contribution is 7.92. The Kier molecular flexibility index (Phi) is 8.06. The van der Waals surface area contributed by atoms with E-state index in [2.05, 4.69) is 5.32 Å². The maximum atomic E-state index is 13.2. The molecule has 32 heavy (non-hydrogen) atoms. The van der Waals surface area contributed by atoms with E-state index < -0.39 is 45.3 Å². The number of methoxy groups -OCH3 is 1. The number of carbonyl (C=O) groups is 1. The van der Waals surface area contributed by atoms with Crippen LogP contribution in [0.5, 0.6) is 5.75 Å². The molecule has 0 saturated carbocycles. The van der Waals surface area contributed by atoms with Gasteiger partial charge in [0, 0.05) is 0 Å². The van der Waals surface area contributed by atoms with Crippen LogP contribution < -0.4 is 14.4 Å². The smallest absolute Gasteiger partial charge is 0.417 e. The number of hydrogen-bond donors (Lipinski definition) is 1. The number of anilines is 1. The summed E-state index contributed by atoms with van der Waals surface area (Å²) in [5, 5.41) is 2.17. The molecule has 11 heteroatoms. The Labute approximate surface area is 190 Å². The molecule has 6 nitrogen and oxygen atoms in total. The van der Waals surface area contributed by atoms with Gasteiger partial charge in [-0.2, -0.15) is 13.2 Å². The van der Waals surface area contributed by atoms with Crippen LogP contribution >= 0.6 is 11.6 Å². The quantitative estimate of drug-likeness (QED) is 0.579. The van der Waals surface area contributed by atoms with Gasteiger partial charge in [0.15, 0.2) is 0 Å². The number of nitrogens with zero attached hydrogens (tertiary/aromatic N) is 1. The van der Waals surface area contributed by atoms with E-state index in [0.29, 0.717) is 22.5 Å². The predicted molar refractivity (Wildman–Crippen MR) is 118 cm³/mol. The lowest BCUT2D eigenvalue weighted by molar-refractivity contribution is -0.137. The molecule has 0 bridgehead atoms. The van der Waals surface area contributed by atoms with Gasteiger partial charge in [0.2, 0.25) is 15.9 Å². The molecule has 0 fully saturated rings. The summed E-state index contributed by atoms with van der Waals surface area (Å²) in [6.45, 7) is 3.00. The third kappa shape index (κ3) is 6.29. The minimum absolute atomic E-state index is 0.312.